The van der Waals surface area contributed by atoms with E-state index >= 15 is 0 Å². The normalized spacial score (nSPS) is 17.8. The van der Waals surface area contributed by atoms with Crippen LogP contribution in [-0.4, -0.2) is 44.6 Å². The number of carbonyl (C=O) groups excluding carboxylic acids is 1. The Kier molecular flexibility index (Phi) is 6.79. The number of nitrogens with one attached hydrogen (secondary N) is 1. The predicted molar refractivity (Wildman–Crippen MR) is 85.9 cm³/mol. The summed E-state index contributed by atoms with van der Waals surface area (Å²) in [6.45, 7) is 2.61. The fraction of sp³-hybridized carbons (Fsp3) is 0.500. The monoisotopic (exact) mass is 362 g/mol. The van der Waals surface area contributed by atoms with Gasteiger partial charge in [-0.15, -0.1) is 12.4 Å². The molecular formula is C14H20BrClN2O2. The molecule has 20 heavy (non-hydrogen) atoms. The molecular weight excluding hydrogens is 344 g/mol. The van der Waals surface area contributed by atoms with Crippen LogP contribution in [0.4, 0.5) is 0 Å². The van der Waals surface area contributed by atoms with E-state index in [9.17, 15) is 4.79 Å². The summed E-state index contributed by atoms with van der Waals surface area (Å²) in [5.74, 6) is 1.33. The molecule has 0 spiro atoms. The molecule has 2 rings (SSSR count). The molecule has 1 aliphatic heterocycles. The van der Waals surface area contributed by atoms with E-state index in [-0.39, 0.29) is 18.3 Å². The minimum absolute atomic E-state index is 0. The Bertz CT molecular complexity index is 470. The molecule has 1 N–H and O–H groups in total. The van der Waals surface area contributed by atoms with Crippen LogP contribution in [0.1, 0.15) is 16.8 Å². The van der Waals surface area contributed by atoms with Gasteiger partial charge in [-0.25, -0.2) is 0 Å². The molecule has 1 amide bonds. The minimum atomic E-state index is 0. The number of nitrogens with zero attached hydrogens (tertiary/aromatic N) is 1. The van der Waals surface area contributed by atoms with Crippen molar-refractivity contribution >= 4 is 34.2 Å². The second-order valence-corrected chi connectivity index (χ2v) is 5.66. The largest absolute Gasteiger partial charge is 0.497 e. The summed E-state index contributed by atoms with van der Waals surface area (Å²) in [5, 5.41) is 3.17. The molecule has 0 aliphatic carbocycles. The molecule has 1 heterocycles. The van der Waals surface area contributed by atoms with Crippen molar-refractivity contribution in [1.82, 2.24) is 10.2 Å². The SMILES string of the molecule is CNCC1CCN(C(=O)c2cc(OC)ccc2Br)C1.Cl. The molecule has 112 valence electrons. The molecule has 4 nitrogen and oxygen atoms in total. The van der Waals surface area contributed by atoms with E-state index in [1.807, 2.05) is 24.1 Å². The predicted octanol–water partition coefficient (Wildman–Crippen LogP) is 2.56. The van der Waals surface area contributed by atoms with Gasteiger partial charge in [0.1, 0.15) is 5.75 Å². The van der Waals surface area contributed by atoms with Crippen LogP contribution in [0, 0.1) is 5.92 Å². The van der Waals surface area contributed by atoms with Crippen LogP contribution in [0.25, 0.3) is 0 Å². The van der Waals surface area contributed by atoms with Crippen molar-refractivity contribution in [3.05, 3.63) is 28.2 Å². The molecule has 6 heteroatoms. The Labute approximate surface area is 134 Å². The van der Waals surface area contributed by atoms with Crippen LogP contribution in [-0.2, 0) is 0 Å². The van der Waals surface area contributed by atoms with Crippen molar-refractivity contribution in [2.75, 3.05) is 33.8 Å². The minimum Gasteiger partial charge on any atom is -0.497 e. The summed E-state index contributed by atoms with van der Waals surface area (Å²) in [6, 6.07) is 5.49. The van der Waals surface area contributed by atoms with Crippen LogP contribution in [0.15, 0.2) is 22.7 Å². The number of hydrogen-bond donors (Lipinski definition) is 1. The van der Waals surface area contributed by atoms with E-state index in [2.05, 4.69) is 21.2 Å². The molecule has 1 unspecified atom stereocenters. The number of amides is 1. The van der Waals surface area contributed by atoms with Gasteiger partial charge in [0.2, 0.25) is 0 Å². The van der Waals surface area contributed by atoms with E-state index in [1.54, 1.807) is 13.2 Å². The van der Waals surface area contributed by atoms with Gasteiger partial charge in [0.15, 0.2) is 0 Å². The molecule has 0 aromatic heterocycles. The number of methoxy groups -OCH3 is 1. The zero-order valence-electron chi connectivity index (χ0n) is 11.7. The third kappa shape index (κ3) is 3.87. The zero-order valence-corrected chi connectivity index (χ0v) is 14.1. The third-order valence-corrected chi connectivity index (χ3v) is 4.16. The van der Waals surface area contributed by atoms with E-state index in [4.69, 9.17) is 4.74 Å². The fourth-order valence-corrected chi connectivity index (χ4v) is 2.85. The summed E-state index contributed by atoms with van der Waals surface area (Å²) in [4.78, 5) is 14.4. The Morgan fingerprint density at radius 1 is 1.55 bits per heavy atom. The number of hydrogen-bond acceptors (Lipinski definition) is 3. The van der Waals surface area contributed by atoms with E-state index in [1.165, 1.54) is 0 Å². The molecule has 1 aromatic carbocycles. The average Bonchev–Trinajstić information content (AvgIpc) is 2.88. The quantitative estimate of drug-likeness (QED) is 0.894. The van der Waals surface area contributed by atoms with Crippen molar-refractivity contribution in [3.8, 4) is 5.75 Å². The van der Waals surface area contributed by atoms with Crippen LogP contribution in [0.3, 0.4) is 0 Å². The maximum atomic E-state index is 12.5. The van der Waals surface area contributed by atoms with Crippen molar-refractivity contribution in [2.24, 2.45) is 5.92 Å². The Morgan fingerprint density at radius 2 is 2.30 bits per heavy atom. The van der Waals surface area contributed by atoms with Crippen LogP contribution < -0.4 is 10.1 Å². The molecule has 0 radical (unpaired) electrons. The summed E-state index contributed by atoms with van der Waals surface area (Å²) in [6.07, 6.45) is 1.06. The lowest BCUT2D eigenvalue weighted by molar-refractivity contribution is 0.0786. The van der Waals surface area contributed by atoms with Crippen LogP contribution in [0.2, 0.25) is 0 Å². The van der Waals surface area contributed by atoms with E-state index in [0.29, 0.717) is 17.2 Å². The van der Waals surface area contributed by atoms with Gasteiger partial charge < -0.3 is 15.0 Å². The second-order valence-electron chi connectivity index (χ2n) is 4.81. The molecule has 1 fully saturated rings. The first kappa shape index (κ1) is 17.3. The molecule has 0 saturated carbocycles. The van der Waals surface area contributed by atoms with Crippen LogP contribution >= 0.6 is 28.3 Å². The Balaban J connectivity index is 0.00000200. The van der Waals surface area contributed by atoms with Gasteiger partial charge in [0.25, 0.3) is 5.91 Å². The molecule has 1 atom stereocenters. The topological polar surface area (TPSA) is 41.6 Å². The smallest absolute Gasteiger partial charge is 0.255 e. The second kappa shape index (κ2) is 7.86. The third-order valence-electron chi connectivity index (χ3n) is 3.47. The van der Waals surface area contributed by atoms with Gasteiger partial charge >= 0.3 is 0 Å². The van der Waals surface area contributed by atoms with Gasteiger partial charge in [-0.3, -0.25) is 4.79 Å². The summed E-state index contributed by atoms with van der Waals surface area (Å²) >= 11 is 3.44. The molecule has 1 saturated heterocycles. The number of likely N-dealkylation sites (tertiary alicyclic amines) is 1. The molecule has 1 aliphatic rings. The number of benzene rings is 1. The Morgan fingerprint density at radius 3 is 2.95 bits per heavy atom. The lowest BCUT2D eigenvalue weighted by atomic mass is 10.1. The summed E-state index contributed by atoms with van der Waals surface area (Å²) in [7, 11) is 3.55. The highest BCUT2D eigenvalue weighted by Crippen LogP contribution is 2.26. The van der Waals surface area contributed by atoms with E-state index in [0.717, 1.165) is 30.5 Å². The highest BCUT2D eigenvalue weighted by atomic mass is 79.9. The number of carbonyl (C=O) groups is 1. The summed E-state index contributed by atoms with van der Waals surface area (Å²) in [5.41, 5.74) is 0.671. The first-order valence-corrected chi connectivity index (χ1v) is 7.22. The first-order chi connectivity index (χ1) is 9.15. The van der Waals surface area contributed by atoms with Crippen molar-refractivity contribution in [1.29, 1.82) is 0 Å². The van der Waals surface area contributed by atoms with Gasteiger partial charge in [-0.05, 0) is 60.1 Å². The van der Waals surface area contributed by atoms with Crippen molar-refractivity contribution in [3.63, 3.8) is 0 Å². The van der Waals surface area contributed by atoms with Gasteiger partial charge in [-0.1, -0.05) is 0 Å². The van der Waals surface area contributed by atoms with Crippen molar-refractivity contribution < 1.29 is 9.53 Å². The van der Waals surface area contributed by atoms with Gasteiger partial charge in [0, 0.05) is 17.6 Å². The molecule has 0 bridgehead atoms. The number of rotatable bonds is 4. The average molecular weight is 364 g/mol. The maximum absolute atomic E-state index is 12.5. The fourth-order valence-electron chi connectivity index (χ4n) is 2.44. The maximum Gasteiger partial charge on any atom is 0.255 e. The number of ether oxygens (including phenoxy) is 1. The highest BCUT2D eigenvalue weighted by Gasteiger charge is 2.27. The lowest BCUT2D eigenvalue weighted by Gasteiger charge is -2.18. The summed E-state index contributed by atoms with van der Waals surface area (Å²) < 4.78 is 6.00. The first-order valence-electron chi connectivity index (χ1n) is 6.43. The molecule has 1 aromatic rings. The standard InChI is InChI=1S/C14H19BrN2O2.ClH/c1-16-8-10-5-6-17(9-10)14(18)12-7-11(19-2)3-4-13(12)15;/h3-4,7,10,16H,5-6,8-9H2,1-2H3;1H. The van der Waals surface area contributed by atoms with E-state index < -0.39 is 0 Å². The van der Waals surface area contributed by atoms with Gasteiger partial charge in [0.05, 0.1) is 12.7 Å². The lowest BCUT2D eigenvalue weighted by Crippen LogP contribution is -2.30. The number of halogens is 2. The zero-order chi connectivity index (χ0) is 13.8. The Hall–Kier alpha value is -0.780. The van der Waals surface area contributed by atoms with Crippen LogP contribution in [0.5, 0.6) is 5.75 Å². The highest BCUT2D eigenvalue weighted by molar-refractivity contribution is 9.10. The van der Waals surface area contributed by atoms with Crippen molar-refractivity contribution in [2.45, 2.75) is 6.42 Å². The van der Waals surface area contributed by atoms with Gasteiger partial charge in [-0.2, -0.15) is 0 Å².